The van der Waals surface area contributed by atoms with Crippen LogP contribution in [0.3, 0.4) is 0 Å². The van der Waals surface area contributed by atoms with Crippen molar-refractivity contribution in [3.8, 4) is 0 Å². The second-order valence-electron chi connectivity index (χ2n) is 3.91. The summed E-state index contributed by atoms with van der Waals surface area (Å²) in [6, 6.07) is 4.62. The third-order valence-corrected chi connectivity index (χ3v) is 2.32. The molecule has 0 saturated carbocycles. The van der Waals surface area contributed by atoms with Crippen LogP contribution < -0.4 is 16.4 Å². The molecule has 6 heteroatoms. The van der Waals surface area contributed by atoms with Crippen molar-refractivity contribution in [3.05, 3.63) is 29.3 Å². The third kappa shape index (κ3) is 4.01. The van der Waals surface area contributed by atoms with Crippen LogP contribution >= 0.6 is 12.4 Å². The molecule has 0 aliphatic rings. The van der Waals surface area contributed by atoms with Gasteiger partial charge in [-0.25, -0.2) is 0 Å². The van der Waals surface area contributed by atoms with E-state index in [-0.39, 0.29) is 24.2 Å². The normalized spacial score (nSPS) is 11.1. The van der Waals surface area contributed by atoms with Gasteiger partial charge in [0.05, 0.1) is 17.3 Å². The van der Waals surface area contributed by atoms with Crippen LogP contribution in [0.2, 0.25) is 0 Å². The van der Waals surface area contributed by atoms with E-state index in [1.807, 2.05) is 13.0 Å². The van der Waals surface area contributed by atoms with Crippen LogP contribution in [0, 0.1) is 6.92 Å². The minimum Gasteiger partial charge on any atom is -0.355 e. The molecule has 0 aromatic heterocycles. The fourth-order valence-corrected chi connectivity index (χ4v) is 1.34. The van der Waals surface area contributed by atoms with E-state index in [4.69, 9.17) is 5.73 Å². The van der Waals surface area contributed by atoms with Crippen LogP contribution in [-0.2, 0) is 4.79 Å². The summed E-state index contributed by atoms with van der Waals surface area (Å²) in [4.78, 5) is 23.1. The van der Waals surface area contributed by atoms with Crippen molar-refractivity contribution >= 4 is 29.9 Å². The summed E-state index contributed by atoms with van der Waals surface area (Å²) in [5, 5.41) is 5.16. The zero-order valence-electron chi connectivity index (χ0n) is 10.6. The van der Waals surface area contributed by atoms with Gasteiger partial charge in [0, 0.05) is 7.05 Å². The number of aryl methyl sites for hydroxylation is 1. The first kappa shape index (κ1) is 16.4. The number of rotatable bonds is 3. The van der Waals surface area contributed by atoms with Gasteiger partial charge in [0.25, 0.3) is 5.91 Å². The summed E-state index contributed by atoms with van der Waals surface area (Å²) in [6.07, 6.45) is 0. The fraction of sp³-hybridized carbons (Fsp3) is 0.333. The second-order valence-corrected chi connectivity index (χ2v) is 3.91. The lowest BCUT2D eigenvalue weighted by molar-refractivity contribution is -0.117. The summed E-state index contributed by atoms with van der Waals surface area (Å²) in [7, 11) is 1.54. The molecule has 0 saturated heterocycles. The maximum Gasteiger partial charge on any atom is 0.253 e. The molecule has 4 N–H and O–H groups in total. The van der Waals surface area contributed by atoms with Crippen LogP contribution in [0.5, 0.6) is 0 Å². The molecule has 100 valence electrons. The first-order chi connectivity index (χ1) is 7.95. The molecule has 0 fully saturated rings. The van der Waals surface area contributed by atoms with Crippen molar-refractivity contribution < 1.29 is 9.59 Å². The summed E-state index contributed by atoms with van der Waals surface area (Å²) in [5.41, 5.74) is 7.31. The van der Waals surface area contributed by atoms with E-state index in [0.717, 1.165) is 5.56 Å². The topological polar surface area (TPSA) is 84.2 Å². The van der Waals surface area contributed by atoms with Crippen molar-refractivity contribution in [2.24, 2.45) is 5.73 Å². The highest BCUT2D eigenvalue weighted by molar-refractivity contribution is 6.04. The largest absolute Gasteiger partial charge is 0.355 e. The van der Waals surface area contributed by atoms with Gasteiger partial charge >= 0.3 is 0 Å². The number of anilines is 1. The first-order valence-electron chi connectivity index (χ1n) is 5.35. The number of benzene rings is 1. The fourth-order valence-electron chi connectivity index (χ4n) is 1.34. The third-order valence-electron chi connectivity index (χ3n) is 2.32. The zero-order chi connectivity index (χ0) is 13.0. The summed E-state index contributed by atoms with van der Waals surface area (Å²) >= 11 is 0. The van der Waals surface area contributed by atoms with Gasteiger partial charge in [-0.15, -0.1) is 12.4 Å². The van der Waals surface area contributed by atoms with Gasteiger partial charge in [0.15, 0.2) is 0 Å². The summed E-state index contributed by atoms with van der Waals surface area (Å²) in [6.45, 7) is 3.46. The Morgan fingerprint density at radius 3 is 2.44 bits per heavy atom. The van der Waals surface area contributed by atoms with Crippen molar-refractivity contribution in [2.75, 3.05) is 12.4 Å². The van der Waals surface area contributed by atoms with E-state index in [1.54, 1.807) is 26.1 Å². The van der Waals surface area contributed by atoms with E-state index in [2.05, 4.69) is 10.6 Å². The van der Waals surface area contributed by atoms with E-state index >= 15 is 0 Å². The van der Waals surface area contributed by atoms with Gasteiger partial charge in [0.1, 0.15) is 0 Å². The van der Waals surface area contributed by atoms with Crippen molar-refractivity contribution in [3.63, 3.8) is 0 Å². The number of hydrogen-bond acceptors (Lipinski definition) is 3. The number of hydrogen-bond donors (Lipinski definition) is 3. The molecule has 0 heterocycles. The Balaban J connectivity index is 0.00000289. The molecule has 1 aromatic rings. The summed E-state index contributed by atoms with van der Waals surface area (Å²) < 4.78 is 0. The zero-order valence-corrected chi connectivity index (χ0v) is 11.4. The monoisotopic (exact) mass is 271 g/mol. The average Bonchev–Trinajstić information content (AvgIpc) is 2.30. The molecular formula is C12H18ClN3O2. The maximum atomic E-state index is 11.6. The van der Waals surface area contributed by atoms with E-state index < -0.39 is 6.04 Å². The number of halogens is 1. The second kappa shape index (κ2) is 6.98. The minimum absolute atomic E-state index is 0. The Morgan fingerprint density at radius 2 is 1.94 bits per heavy atom. The van der Waals surface area contributed by atoms with E-state index in [9.17, 15) is 9.59 Å². The Bertz CT molecular complexity index is 447. The number of carbonyl (C=O) groups is 2. The predicted octanol–water partition coefficient (Wildman–Crippen LogP) is 1.06. The highest BCUT2D eigenvalue weighted by Gasteiger charge is 2.14. The highest BCUT2D eigenvalue weighted by atomic mass is 35.5. The molecule has 0 aliphatic heterocycles. The predicted molar refractivity (Wildman–Crippen MR) is 74.1 cm³/mol. The lowest BCUT2D eigenvalue weighted by Crippen LogP contribution is -2.33. The summed E-state index contributed by atoms with van der Waals surface area (Å²) in [5.74, 6) is -0.562. The molecule has 1 atom stereocenters. The van der Waals surface area contributed by atoms with Crippen LogP contribution in [0.25, 0.3) is 0 Å². The van der Waals surface area contributed by atoms with Gasteiger partial charge in [-0.1, -0.05) is 11.6 Å². The van der Waals surface area contributed by atoms with Crippen LogP contribution in [0.4, 0.5) is 5.69 Å². The minimum atomic E-state index is -0.617. The molecule has 1 rings (SSSR count). The quantitative estimate of drug-likeness (QED) is 0.769. The smallest absolute Gasteiger partial charge is 0.253 e. The Kier molecular flexibility index (Phi) is 6.36. The van der Waals surface area contributed by atoms with Gasteiger partial charge < -0.3 is 16.4 Å². The SMILES string of the molecule is CNC(=O)c1cc(C)ccc1NC(=O)[C@H](C)N.Cl. The molecule has 0 bridgehead atoms. The van der Waals surface area contributed by atoms with Crippen molar-refractivity contribution in [1.82, 2.24) is 5.32 Å². The standard InChI is InChI=1S/C12H17N3O2.ClH/c1-7-4-5-10(15-11(16)8(2)13)9(6-7)12(17)14-3;/h4-6,8H,13H2,1-3H3,(H,14,17)(H,15,16);1H/t8-;/m0./s1. The highest BCUT2D eigenvalue weighted by Crippen LogP contribution is 2.17. The van der Waals surface area contributed by atoms with Gasteiger partial charge in [-0.3, -0.25) is 9.59 Å². The van der Waals surface area contributed by atoms with Crippen LogP contribution in [-0.4, -0.2) is 24.9 Å². The Morgan fingerprint density at radius 1 is 1.33 bits per heavy atom. The number of nitrogens with two attached hydrogens (primary N) is 1. The molecular weight excluding hydrogens is 254 g/mol. The molecule has 0 spiro atoms. The molecule has 18 heavy (non-hydrogen) atoms. The number of amides is 2. The lowest BCUT2D eigenvalue weighted by Gasteiger charge is -2.12. The molecule has 2 amide bonds. The Labute approximate surface area is 113 Å². The average molecular weight is 272 g/mol. The molecule has 5 nitrogen and oxygen atoms in total. The first-order valence-corrected chi connectivity index (χ1v) is 5.35. The maximum absolute atomic E-state index is 11.6. The van der Waals surface area contributed by atoms with Gasteiger partial charge in [0.2, 0.25) is 5.91 Å². The van der Waals surface area contributed by atoms with Crippen molar-refractivity contribution in [2.45, 2.75) is 19.9 Å². The number of carbonyl (C=O) groups excluding carboxylic acids is 2. The molecule has 1 aromatic carbocycles. The van der Waals surface area contributed by atoms with Gasteiger partial charge in [-0.2, -0.15) is 0 Å². The lowest BCUT2D eigenvalue weighted by atomic mass is 10.1. The van der Waals surface area contributed by atoms with E-state index in [1.165, 1.54) is 0 Å². The molecule has 0 radical (unpaired) electrons. The van der Waals surface area contributed by atoms with Gasteiger partial charge in [-0.05, 0) is 26.0 Å². The molecule has 0 unspecified atom stereocenters. The van der Waals surface area contributed by atoms with E-state index in [0.29, 0.717) is 11.3 Å². The van der Waals surface area contributed by atoms with Crippen LogP contribution in [0.1, 0.15) is 22.8 Å². The number of nitrogens with one attached hydrogen (secondary N) is 2. The van der Waals surface area contributed by atoms with Crippen LogP contribution in [0.15, 0.2) is 18.2 Å². The molecule has 0 aliphatic carbocycles. The van der Waals surface area contributed by atoms with Crippen molar-refractivity contribution in [1.29, 1.82) is 0 Å². The Hall–Kier alpha value is -1.59.